The van der Waals surface area contributed by atoms with Gasteiger partial charge in [-0.1, -0.05) is 13.8 Å². The van der Waals surface area contributed by atoms with E-state index in [-0.39, 0.29) is 87.1 Å². The highest BCUT2D eigenvalue weighted by molar-refractivity contribution is 5.85. The Morgan fingerprint density at radius 2 is 1.52 bits per heavy atom. The quantitative estimate of drug-likeness (QED) is 0.0731. The molecule has 3 N–H and O–H groups in total. The Hall–Kier alpha value is -3.23. The third kappa shape index (κ3) is 9.16. The maximum atomic E-state index is 12.6. The summed E-state index contributed by atoms with van der Waals surface area (Å²) in [6, 6.07) is 0. The lowest BCUT2D eigenvalue weighted by molar-refractivity contribution is -0.285. The van der Waals surface area contributed by atoms with Crippen molar-refractivity contribution in [1.82, 2.24) is 0 Å². The average Bonchev–Trinajstić information content (AvgIpc) is 3.79. The summed E-state index contributed by atoms with van der Waals surface area (Å²) in [5.74, 6) is -0.00167. The number of hydrogen-bond acceptors (Lipinski definition) is 18. The Morgan fingerprint density at radius 1 is 0.841 bits per heavy atom. The van der Waals surface area contributed by atoms with Gasteiger partial charge in [-0.25, -0.2) is 4.79 Å². The summed E-state index contributed by atoms with van der Waals surface area (Å²) in [5, 5.41) is 35.3. The zero-order chi connectivity index (χ0) is 45.3. The molecule has 7 rings (SSSR count). The van der Waals surface area contributed by atoms with Crippen molar-refractivity contribution in [3.63, 3.8) is 0 Å². The molecule has 0 aromatic heterocycles. The lowest BCUT2D eigenvalue weighted by atomic mass is 9.42. The zero-order valence-electron chi connectivity index (χ0n) is 36.9. The van der Waals surface area contributed by atoms with Crippen LogP contribution in [0, 0.1) is 34.5 Å². The second-order valence-electron chi connectivity index (χ2n) is 19.4. The van der Waals surface area contributed by atoms with Crippen LogP contribution in [-0.2, 0) is 71.3 Å². The van der Waals surface area contributed by atoms with Gasteiger partial charge in [0.2, 0.25) is 0 Å². The van der Waals surface area contributed by atoms with E-state index in [1.165, 1.54) is 6.92 Å². The second kappa shape index (κ2) is 19.7. The minimum atomic E-state index is -1.15. The van der Waals surface area contributed by atoms with Crippen molar-refractivity contribution in [2.75, 3.05) is 13.2 Å². The lowest BCUT2D eigenvalue weighted by Crippen LogP contribution is -2.67. The molecule has 0 radical (unpaired) electrons. The minimum absolute atomic E-state index is 0.0115. The van der Waals surface area contributed by atoms with Crippen LogP contribution in [-0.4, -0.2) is 146 Å². The van der Waals surface area contributed by atoms with Crippen molar-refractivity contribution in [2.45, 2.75) is 191 Å². The first-order chi connectivity index (χ1) is 30.1. The highest BCUT2D eigenvalue weighted by Crippen LogP contribution is 2.70. The fourth-order valence-corrected chi connectivity index (χ4v) is 13.2. The van der Waals surface area contributed by atoms with Gasteiger partial charge in [0.05, 0.1) is 42.7 Å². The van der Waals surface area contributed by atoms with Crippen LogP contribution in [0.4, 0.5) is 0 Å². The van der Waals surface area contributed by atoms with Crippen molar-refractivity contribution in [2.24, 2.45) is 34.5 Å². The van der Waals surface area contributed by atoms with Gasteiger partial charge in [0, 0.05) is 30.8 Å². The molecule has 0 aromatic carbocycles. The molecule has 6 fully saturated rings. The van der Waals surface area contributed by atoms with Crippen molar-refractivity contribution in [3.8, 4) is 0 Å². The van der Waals surface area contributed by atoms with E-state index in [1.54, 1.807) is 19.9 Å². The first-order valence-electron chi connectivity index (χ1n) is 22.7. The van der Waals surface area contributed by atoms with Gasteiger partial charge in [-0.3, -0.25) is 19.2 Å². The molecule has 0 bridgehead atoms. The largest absolute Gasteiger partial charge is 0.462 e. The minimum Gasteiger partial charge on any atom is -0.462 e. The van der Waals surface area contributed by atoms with Gasteiger partial charge in [0.1, 0.15) is 37.1 Å². The zero-order valence-corrected chi connectivity index (χ0v) is 36.9. The van der Waals surface area contributed by atoms with Crippen LogP contribution in [0.15, 0.2) is 11.6 Å². The van der Waals surface area contributed by atoms with E-state index in [2.05, 4.69) is 6.92 Å². The summed E-state index contributed by atoms with van der Waals surface area (Å²) < 4.78 is 57.4. The molecule has 4 aliphatic carbocycles. The monoisotopic (exact) mass is 894 g/mol. The topological polar surface area (TPSA) is 238 Å². The first kappa shape index (κ1) is 47.7. The molecule has 7 aliphatic rings. The van der Waals surface area contributed by atoms with Crippen LogP contribution in [0.3, 0.4) is 0 Å². The number of ether oxygens (including phenoxy) is 10. The summed E-state index contributed by atoms with van der Waals surface area (Å²) >= 11 is 0. The number of carbonyl (C=O) groups is 5. The van der Waals surface area contributed by atoms with Gasteiger partial charge in [0.25, 0.3) is 25.9 Å². The third-order valence-electron chi connectivity index (χ3n) is 16.4. The molecule has 18 nitrogen and oxygen atoms in total. The Kier molecular flexibility index (Phi) is 14.9. The number of aliphatic hydroxyl groups excluding tert-OH is 2. The summed E-state index contributed by atoms with van der Waals surface area (Å²) in [5.41, 5.74) is -1.05. The van der Waals surface area contributed by atoms with Gasteiger partial charge in [-0.15, -0.1) is 0 Å². The fourth-order valence-electron chi connectivity index (χ4n) is 13.2. The van der Waals surface area contributed by atoms with Gasteiger partial charge in [-0.05, 0) is 107 Å². The van der Waals surface area contributed by atoms with E-state index in [0.717, 1.165) is 37.7 Å². The normalized spacial score (nSPS) is 44.8. The van der Waals surface area contributed by atoms with Crippen LogP contribution in [0.5, 0.6) is 0 Å². The lowest BCUT2D eigenvalue weighted by Gasteiger charge is -2.65. The molecule has 0 aromatic rings. The Bertz CT molecular complexity index is 1660. The molecular weight excluding hydrogens is 828 g/mol. The number of fused-ring (bicyclic) bond motifs is 5. The van der Waals surface area contributed by atoms with Crippen molar-refractivity contribution in [3.05, 3.63) is 11.6 Å². The number of carbonyl (C=O) groups excluding carboxylic acids is 5. The maximum absolute atomic E-state index is 12.6. The summed E-state index contributed by atoms with van der Waals surface area (Å²) in [6.45, 7) is 10.5. The number of cyclic esters (lactones) is 1. The van der Waals surface area contributed by atoms with E-state index in [0.29, 0.717) is 31.7 Å². The van der Waals surface area contributed by atoms with Crippen LogP contribution >= 0.6 is 0 Å². The van der Waals surface area contributed by atoms with Crippen LogP contribution < -0.4 is 0 Å². The van der Waals surface area contributed by atoms with E-state index < -0.39 is 84.6 Å². The molecule has 4 saturated carbocycles. The number of esters is 1. The predicted octanol–water partition coefficient (Wildman–Crippen LogP) is 2.58. The molecule has 63 heavy (non-hydrogen) atoms. The van der Waals surface area contributed by atoms with Crippen molar-refractivity contribution < 1.29 is 86.7 Å². The smallest absolute Gasteiger partial charge is 0.331 e. The Balaban J connectivity index is 0.933. The highest BCUT2D eigenvalue weighted by atomic mass is 16.7. The Labute approximate surface area is 367 Å². The standard InChI is InChI=1S/C45H66O18/c1-24(50)40(63-39-18-35(58-22-48)42(59-23-49)26(3)61-39)33(56-20-46)10-13-54-41-25(2)60-38(17-34(41)57-21-47)62-29-8-11-43(4)28(15-29)6-7-31-32(43)16-36(51)44(5)30(9-12-45(31,44)53)27-14-37(52)55-19-27/h14,20-26,28-36,38-42,50-51,53H,6-13,15-19H2,1-5H3. The Morgan fingerprint density at radius 3 is 2.19 bits per heavy atom. The fraction of sp³-hybridized carbons (Fsp3) is 0.844. The average molecular weight is 895 g/mol. The molecule has 3 aliphatic heterocycles. The van der Waals surface area contributed by atoms with Crippen LogP contribution in [0.2, 0.25) is 0 Å². The molecule has 0 amide bonds. The first-order valence-corrected chi connectivity index (χ1v) is 22.7. The molecule has 3 heterocycles. The van der Waals surface area contributed by atoms with Crippen molar-refractivity contribution >= 4 is 31.9 Å². The van der Waals surface area contributed by atoms with Gasteiger partial charge in [0.15, 0.2) is 18.7 Å². The molecule has 354 valence electrons. The second-order valence-corrected chi connectivity index (χ2v) is 19.4. The molecule has 20 unspecified atom stereocenters. The summed E-state index contributed by atoms with van der Waals surface area (Å²) in [4.78, 5) is 57.5. The van der Waals surface area contributed by atoms with Crippen molar-refractivity contribution in [1.29, 1.82) is 0 Å². The molecule has 2 saturated heterocycles. The van der Waals surface area contributed by atoms with E-state index in [4.69, 9.17) is 47.4 Å². The van der Waals surface area contributed by atoms with E-state index in [1.807, 2.05) is 6.92 Å². The van der Waals surface area contributed by atoms with Crippen LogP contribution in [0.25, 0.3) is 0 Å². The van der Waals surface area contributed by atoms with E-state index in [9.17, 15) is 39.3 Å². The van der Waals surface area contributed by atoms with E-state index >= 15 is 0 Å². The molecule has 20 atom stereocenters. The number of aliphatic hydroxyl groups is 3. The van der Waals surface area contributed by atoms with Gasteiger partial charge in [-0.2, -0.15) is 0 Å². The molecule has 0 spiro atoms. The van der Waals surface area contributed by atoms with Gasteiger partial charge >= 0.3 is 5.97 Å². The van der Waals surface area contributed by atoms with Gasteiger partial charge < -0.3 is 62.7 Å². The molecular formula is C45H66O18. The number of rotatable bonds is 19. The number of hydrogen-bond donors (Lipinski definition) is 3. The summed E-state index contributed by atoms with van der Waals surface area (Å²) in [6.07, 6.45) is -2.45. The maximum Gasteiger partial charge on any atom is 0.331 e. The predicted molar refractivity (Wildman–Crippen MR) is 215 cm³/mol. The molecule has 18 heteroatoms. The SMILES string of the molecule is CC(O)C(OC1CC(OC=O)C(OC=O)C(C)O1)C(CCOC1C(C)OC(OC2CCC3(C)C(CCC4C3CC(O)C3(C)C(C5=CC(=O)OC5)CCC43O)C2)CC1OC=O)OC=O. The highest BCUT2D eigenvalue weighted by Gasteiger charge is 2.71. The summed E-state index contributed by atoms with van der Waals surface area (Å²) in [7, 11) is 0. The third-order valence-corrected chi connectivity index (χ3v) is 16.4. The van der Waals surface area contributed by atoms with Crippen LogP contribution in [0.1, 0.15) is 105 Å².